The van der Waals surface area contributed by atoms with E-state index in [2.05, 4.69) is 51.9 Å². The van der Waals surface area contributed by atoms with Gasteiger partial charge < -0.3 is 9.80 Å². The van der Waals surface area contributed by atoms with Crippen molar-refractivity contribution in [1.29, 1.82) is 0 Å². The Morgan fingerprint density at radius 3 is 2.88 bits per heavy atom. The number of carbonyl (C=O) groups excluding carboxylic acids is 1. The average Bonchev–Trinajstić information content (AvgIpc) is 3.33. The summed E-state index contributed by atoms with van der Waals surface area (Å²) in [4.78, 5) is 16.4. The van der Waals surface area contributed by atoms with Crippen molar-refractivity contribution in [2.45, 2.75) is 45.2 Å². The summed E-state index contributed by atoms with van der Waals surface area (Å²) in [6.07, 6.45) is 4.69. The number of benzene rings is 1. The number of fused-ring (bicyclic) bond motifs is 1. The number of hydrogen-bond donors (Lipinski definition) is 0. The summed E-state index contributed by atoms with van der Waals surface area (Å²) >= 11 is 0. The first-order chi connectivity index (χ1) is 12.3. The number of aromatic nitrogens is 2. The predicted molar refractivity (Wildman–Crippen MR) is 98.6 cm³/mol. The lowest BCUT2D eigenvalue weighted by Crippen LogP contribution is -2.28. The van der Waals surface area contributed by atoms with E-state index in [1.807, 2.05) is 11.1 Å². The molecule has 0 aliphatic carbocycles. The zero-order chi connectivity index (χ0) is 17.2. The average molecular weight is 338 g/mol. The fourth-order valence-corrected chi connectivity index (χ4v) is 4.21. The van der Waals surface area contributed by atoms with Crippen LogP contribution >= 0.6 is 0 Å². The van der Waals surface area contributed by atoms with E-state index in [0.717, 1.165) is 52.0 Å². The van der Waals surface area contributed by atoms with Crippen LogP contribution in [-0.4, -0.2) is 40.2 Å². The fraction of sp³-hybridized carbons (Fsp3) is 0.500. The molecule has 25 heavy (non-hydrogen) atoms. The van der Waals surface area contributed by atoms with Crippen LogP contribution in [0.4, 0.5) is 5.69 Å². The largest absolute Gasteiger partial charge is 0.365 e. The molecule has 0 saturated carbocycles. The molecule has 0 N–H and O–H groups in total. The highest BCUT2D eigenvalue weighted by atomic mass is 16.2. The first-order valence-electron chi connectivity index (χ1n) is 9.38. The Bertz CT molecular complexity index is 754. The van der Waals surface area contributed by atoms with Crippen molar-refractivity contribution in [3.63, 3.8) is 0 Å². The van der Waals surface area contributed by atoms with Gasteiger partial charge in [0.25, 0.3) is 0 Å². The van der Waals surface area contributed by atoms with E-state index in [1.165, 1.54) is 16.9 Å². The maximum atomic E-state index is 11.9. The lowest BCUT2D eigenvalue weighted by molar-refractivity contribution is -0.127. The molecular formula is C20H26N4O. The van der Waals surface area contributed by atoms with Crippen LogP contribution in [0.3, 0.4) is 0 Å². The number of aryl methyl sites for hydroxylation is 1. The van der Waals surface area contributed by atoms with Gasteiger partial charge in [-0.05, 0) is 37.5 Å². The van der Waals surface area contributed by atoms with Crippen LogP contribution in [0.2, 0.25) is 0 Å². The maximum absolute atomic E-state index is 11.9. The van der Waals surface area contributed by atoms with Gasteiger partial charge in [-0.1, -0.05) is 18.2 Å². The summed E-state index contributed by atoms with van der Waals surface area (Å²) < 4.78 is 2.07. The van der Waals surface area contributed by atoms with Gasteiger partial charge in [0.1, 0.15) is 0 Å². The standard InChI is InChI=1S/C20H26N4O/c1-2-24-17(9-11-21-24)15-23-14-16(18-6-3-4-7-19(18)23)10-13-22-12-5-8-20(22)25/h3-4,6-7,9,11,16H,2,5,8,10,12-15H2,1H3/t16-/m0/s1. The molecule has 3 heterocycles. The molecule has 132 valence electrons. The Balaban J connectivity index is 1.48. The topological polar surface area (TPSA) is 41.4 Å². The Kier molecular flexibility index (Phi) is 4.47. The molecule has 1 saturated heterocycles. The maximum Gasteiger partial charge on any atom is 0.222 e. The third-order valence-electron chi connectivity index (χ3n) is 5.53. The molecule has 4 rings (SSSR count). The van der Waals surface area contributed by atoms with Gasteiger partial charge in [-0.15, -0.1) is 0 Å². The lowest BCUT2D eigenvalue weighted by Gasteiger charge is -2.21. The molecule has 5 heteroatoms. The van der Waals surface area contributed by atoms with E-state index in [4.69, 9.17) is 0 Å². The quantitative estimate of drug-likeness (QED) is 0.813. The second-order valence-corrected chi connectivity index (χ2v) is 7.05. The lowest BCUT2D eigenvalue weighted by atomic mass is 9.98. The number of carbonyl (C=O) groups is 1. The molecular weight excluding hydrogens is 312 g/mol. The number of likely N-dealkylation sites (tertiary alicyclic amines) is 1. The predicted octanol–water partition coefficient (Wildman–Crippen LogP) is 3.02. The van der Waals surface area contributed by atoms with E-state index in [9.17, 15) is 4.79 Å². The molecule has 0 radical (unpaired) electrons. The van der Waals surface area contributed by atoms with Crippen molar-refractivity contribution >= 4 is 11.6 Å². The zero-order valence-corrected chi connectivity index (χ0v) is 14.9. The number of amides is 1. The van der Waals surface area contributed by atoms with Crippen molar-refractivity contribution < 1.29 is 4.79 Å². The Morgan fingerprint density at radius 1 is 1.20 bits per heavy atom. The third kappa shape index (κ3) is 3.15. The molecule has 0 unspecified atom stereocenters. The van der Waals surface area contributed by atoms with Crippen LogP contribution in [0.1, 0.15) is 43.4 Å². The van der Waals surface area contributed by atoms with E-state index < -0.39 is 0 Å². The molecule has 1 atom stereocenters. The zero-order valence-electron chi connectivity index (χ0n) is 14.9. The van der Waals surface area contributed by atoms with E-state index in [1.54, 1.807) is 0 Å². The number of nitrogens with zero attached hydrogens (tertiary/aromatic N) is 4. The monoisotopic (exact) mass is 338 g/mol. The molecule has 2 aromatic rings. The highest BCUT2D eigenvalue weighted by Crippen LogP contribution is 2.39. The SMILES string of the molecule is CCn1nccc1CN1C[C@H](CCN2CCCC2=O)c2ccccc21. The summed E-state index contributed by atoms with van der Waals surface area (Å²) in [5, 5.41) is 4.39. The van der Waals surface area contributed by atoms with Crippen LogP contribution in [0.15, 0.2) is 36.5 Å². The summed E-state index contributed by atoms with van der Waals surface area (Å²) in [6, 6.07) is 10.8. The number of para-hydroxylation sites is 1. The Morgan fingerprint density at radius 2 is 2.08 bits per heavy atom. The molecule has 0 bridgehead atoms. The van der Waals surface area contributed by atoms with Crippen LogP contribution in [0.5, 0.6) is 0 Å². The number of hydrogen-bond acceptors (Lipinski definition) is 3. The summed E-state index contributed by atoms with van der Waals surface area (Å²) in [5.41, 5.74) is 4.02. The van der Waals surface area contributed by atoms with Gasteiger partial charge in [0.15, 0.2) is 0 Å². The molecule has 1 amide bonds. The molecule has 1 aromatic heterocycles. The van der Waals surface area contributed by atoms with E-state index >= 15 is 0 Å². The molecule has 0 spiro atoms. The van der Waals surface area contributed by atoms with Crippen LogP contribution in [0.25, 0.3) is 0 Å². The van der Waals surface area contributed by atoms with Crippen LogP contribution in [0, 0.1) is 0 Å². The second-order valence-electron chi connectivity index (χ2n) is 7.05. The van der Waals surface area contributed by atoms with Gasteiger partial charge in [-0.2, -0.15) is 5.10 Å². The van der Waals surface area contributed by atoms with E-state index in [0.29, 0.717) is 11.8 Å². The van der Waals surface area contributed by atoms with Crippen molar-refractivity contribution in [2.75, 3.05) is 24.5 Å². The van der Waals surface area contributed by atoms with Crippen LogP contribution < -0.4 is 4.90 Å². The van der Waals surface area contributed by atoms with Crippen molar-refractivity contribution in [3.05, 3.63) is 47.8 Å². The summed E-state index contributed by atoms with van der Waals surface area (Å²) in [6.45, 7) is 6.77. The Labute approximate surface area is 149 Å². The number of anilines is 1. The minimum absolute atomic E-state index is 0.329. The highest BCUT2D eigenvalue weighted by Gasteiger charge is 2.30. The minimum Gasteiger partial charge on any atom is -0.365 e. The van der Waals surface area contributed by atoms with Crippen LogP contribution in [-0.2, 0) is 17.9 Å². The first-order valence-corrected chi connectivity index (χ1v) is 9.38. The molecule has 2 aliphatic heterocycles. The van der Waals surface area contributed by atoms with Crippen molar-refractivity contribution in [2.24, 2.45) is 0 Å². The summed E-state index contributed by atoms with van der Waals surface area (Å²) in [5.74, 6) is 0.831. The minimum atomic E-state index is 0.329. The van der Waals surface area contributed by atoms with Crippen molar-refractivity contribution in [3.8, 4) is 0 Å². The molecule has 2 aliphatic rings. The van der Waals surface area contributed by atoms with E-state index in [-0.39, 0.29) is 0 Å². The number of rotatable bonds is 6. The smallest absolute Gasteiger partial charge is 0.222 e. The fourth-order valence-electron chi connectivity index (χ4n) is 4.21. The van der Waals surface area contributed by atoms with Gasteiger partial charge in [0.05, 0.1) is 12.2 Å². The van der Waals surface area contributed by atoms with Gasteiger partial charge in [0, 0.05) is 50.4 Å². The van der Waals surface area contributed by atoms with Gasteiger partial charge in [-0.3, -0.25) is 9.48 Å². The highest BCUT2D eigenvalue weighted by molar-refractivity contribution is 5.78. The van der Waals surface area contributed by atoms with Gasteiger partial charge in [-0.25, -0.2) is 0 Å². The molecule has 1 fully saturated rings. The third-order valence-corrected chi connectivity index (χ3v) is 5.53. The first kappa shape index (κ1) is 16.2. The van der Waals surface area contributed by atoms with Crippen molar-refractivity contribution in [1.82, 2.24) is 14.7 Å². The normalized spacial score (nSPS) is 19.7. The summed E-state index contributed by atoms with van der Waals surface area (Å²) in [7, 11) is 0. The van der Waals surface area contributed by atoms with Gasteiger partial charge in [0.2, 0.25) is 5.91 Å². The molecule has 1 aromatic carbocycles. The molecule has 5 nitrogen and oxygen atoms in total. The second kappa shape index (κ2) is 6.90. The van der Waals surface area contributed by atoms with Gasteiger partial charge >= 0.3 is 0 Å². The Hall–Kier alpha value is -2.30.